The predicted molar refractivity (Wildman–Crippen MR) is 55.4 cm³/mol. The van der Waals surface area contributed by atoms with Crippen molar-refractivity contribution >= 4 is 20.2 Å². The zero-order valence-corrected chi connectivity index (χ0v) is 10.5. The molecule has 6 nitrogen and oxygen atoms in total. The second kappa shape index (κ2) is 4.00. The summed E-state index contributed by atoms with van der Waals surface area (Å²) < 4.78 is 90.9. The molecule has 0 radical (unpaired) electrons. The predicted octanol–water partition coefficient (Wildman–Crippen LogP) is 1.09. The molecule has 19 heavy (non-hydrogen) atoms. The van der Waals surface area contributed by atoms with Crippen molar-refractivity contribution < 1.29 is 38.4 Å². The van der Waals surface area contributed by atoms with Crippen molar-refractivity contribution in [1.29, 1.82) is 0 Å². The number of halogens is 3. The molecule has 11 heteroatoms. The van der Waals surface area contributed by atoms with Gasteiger partial charge in [-0.25, -0.2) is 0 Å². The Balaban J connectivity index is 2.61. The number of benzene rings is 1. The van der Waals surface area contributed by atoms with E-state index in [1.54, 1.807) is 0 Å². The Morgan fingerprint density at radius 2 is 1.47 bits per heavy atom. The number of fused-ring (bicyclic) bond motifs is 1. The van der Waals surface area contributed by atoms with E-state index >= 15 is 0 Å². The SMILES string of the molecule is O=S1(=O)CS(=O)(=O)Oc2cc(C(F)(F)F)ccc2O1. The average Bonchev–Trinajstić information content (AvgIpc) is 2.24. The quantitative estimate of drug-likeness (QED) is 0.666. The first-order chi connectivity index (χ1) is 8.49. The lowest BCUT2D eigenvalue weighted by molar-refractivity contribution is -0.137. The van der Waals surface area contributed by atoms with E-state index in [0.29, 0.717) is 18.2 Å². The van der Waals surface area contributed by atoms with Gasteiger partial charge in [0, 0.05) is 0 Å². The number of rotatable bonds is 0. The highest BCUT2D eigenvalue weighted by atomic mass is 32.3. The van der Waals surface area contributed by atoms with Crippen LogP contribution >= 0.6 is 0 Å². The van der Waals surface area contributed by atoms with Gasteiger partial charge >= 0.3 is 26.4 Å². The van der Waals surface area contributed by atoms with Crippen LogP contribution in [0.5, 0.6) is 11.5 Å². The molecule has 0 aliphatic carbocycles. The topological polar surface area (TPSA) is 86.7 Å². The first-order valence-corrected chi connectivity index (χ1v) is 7.70. The molecule has 0 bridgehead atoms. The van der Waals surface area contributed by atoms with Crippen molar-refractivity contribution in [3.63, 3.8) is 0 Å². The maximum absolute atomic E-state index is 12.4. The van der Waals surface area contributed by atoms with Crippen LogP contribution in [-0.2, 0) is 26.4 Å². The summed E-state index contributed by atoms with van der Waals surface area (Å²) in [5.74, 6) is -1.44. The molecular formula is C8H5F3O6S2. The van der Waals surface area contributed by atoms with Crippen LogP contribution < -0.4 is 8.37 Å². The van der Waals surface area contributed by atoms with Gasteiger partial charge in [0.2, 0.25) is 5.08 Å². The number of hydrogen-bond donors (Lipinski definition) is 0. The van der Waals surface area contributed by atoms with Gasteiger partial charge in [0.15, 0.2) is 11.5 Å². The minimum atomic E-state index is -4.73. The van der Waals surface area contributed by atoms with E-state index in [1.165, 1.54) is 0 Å². The molecule has 2 rings (SSSR count). The summed E-state index contributed by atoms with van der Waals surface area (Å²) in [6.45, 7) is 0. The Kier molecular flexibility index (Phi) is 2.93. The molecule has 0 atom stereocenters. The average molecular weight is 318 g/mol. The minimum Gasteiger partial charge on any atom is -0.378 e. The lowest BCUT2D eigenvalue weighted by Gasteiger charge is -2.09. The third kappa shape index (κ3) is 3.10. The van der Waals surface area contributed by atoms with E-state index in [-0.39, 0.29) is 0 Å². The van der Waals surface area contributed by atoms with Gasteiger partial charge in [-0.2, -0.15) is 30.0 Å². The third-order valence-corrected chi connectivity index (χ3v) is 5.17. The zero-order valence-electron chi connectivity index (χ0n) is 8.84. The Morgan fingerprint density at radius 3 is 2.00 bits per heavy atom. The molecule has 0 fully saturated rings. The van der Waals surface area contributed by atoms with Crippen LogP contribution in [0.3, 0.4) is 0 Å². The summed E-state index contributed by atoms with van der Waals surface area (Å²) in [6, 6.07) is 1.58. The summed E-state index contributed by atoms with van der Waals surface area (Å²) in [7, 11) is -9.07. The van der Waals surface area contributed by atoms with E-state index in [4.69, 9.17) is 0 Å². The monoisotopic (exact) mass is 318 g/mol. The van der Waals surface area contributed by atoms with Crippen molar-refractivity contribution in [2.45, 2.75) is 6.18 Å². The fraction of sp³-hybridized carbons (Fsp3) is 0.250. The smallest absolute Gasteiger partial charge is 0.378 e. The fourth-order valence-corrected chi connectivity index (χ4v) is 3.93. The van der Waals surface area contributed by atoms with E-state index in [9.17, 15) is 30.0 Å². The summed E-state index contributed by atoms with van der Waals surface area (Å²) in [6.07, 6.45) is -4.73. The van der Waals surface area contributed by atoms with Crippen LogP contribution in [-0.4, -0.2) is 21.9 Å². The third-order valence-electron chi connectivity index (χ3n) is 1.99. The lowest BCUT2D eigenvalue weighted by atomic mass is 10.2. The van der Waals surface area contributed by atoms with Crippen LogP contribution in [0.1, 0.15) is 5.56 Å². The van der Waals surface area contributed by atoms with Gasteiger partial charge in [-0.3, -0.25) is 0 Å². The molecule has 0 saturated carbocycles. The van der Waals surface area contributed by atoms with Crippen molar-refractivity contribution in [3.05, 3.63) is 23.8 Å². The van der Waals surface area contributed by atoms with Crippen molar-refractivity contribution in [2.75, 3.05) is 5.08 Å². The molecule has 0 aromatic heterocycles. The molecule has 1 aromatic rings. The molecule has 106 valence electrons. The lowest BCUT2D eigenvalue weighted by Crippen LogP contribution is -2.21. The number of hydrogen-bond acceptors (Lipinski definition) is 6. The molecular weight excluding hydrogens is 313 g/mol. The molecule has 0 unspecified atom stereocenters. The normalized spacial score (nSPS) is 20.6. The van der Waals surface area contributed by atoms with E-state index in [2.05, 4.69) is 8.37 Å². The Morgan fingerprint density at radius 1 is 0.947 bits per heavy atom. The molecule has 0 N–H and O–H groups in total. The fourth-order valence-electron chi connectivity index (χ4n) is 1.32. The van der Waals surface area contributed by atoms with Gasteiger partial charge in [0.25, 0.3) is 0 Å². The van der Waals surface area contributed by atoms with Crippen LogP contribution in [0.4, 0.5) is 13.2 Å². The highest BCUT2D eigenvalue weighted by Gasteiger charge is 2.36. The van der Waals surface area contributed by atoms with Gasteiger partial charge in [-0.1, -0.05) is 0 Å². The zero-order chi connectivity index (χ0) is 14.5. The molecule has 1 heterocycles. The summed E-state index contributed by atoms with van der Waals surface area (Å²) in [4.78, 5) is 0. The van der Waals surface area contributed by atoms with Crippen LogP contribution in [0, 0.1) is 0 Å². The number of alkyl halides is 3. The standard InChI is InChI=1S/C8H5F3O6S2/c9-8(10,11)5-1-2-6-7(3-5)17-19(14,15)4-18(12,13)16-6/h1-3H,4H2. The Bertz CT molecular complexity index is 719. The van der Waals surface area contributed by atoms with E-state index in [1.807, 2.05) is 0 Å². The Hall–Kier alpha value is -1.49. The highest BCUT2D eigenvalue weighted by Crippen LogP contribution is 2.38. The van der Waals surface area contributed by atoms with Gasteiger partial charge < -0.3 is 8.37 Å². The summed E-state index contributed by atoms with van der Waals surface area (Å²) in [5.41, 5.74) is -1.19. The van der Waals surface area contributed by atoms with Crippen LogP contribution in [0.15, 0.2) is 18.2 Å². The highest BCUT2D eigenvalue weighted by molar-refractivity contribution is 8.04. The second-order valence-electron chi connectivity index (χ2n) is 3.56. The van der Waals surface area contributed by atoms with Gasteiger partial charge in [-0.05, 0) is 18.2 Å². The first-order valence-electron chi connectivity index (χ1n) is 4.54. The molecule has 0 spiro atoms. The molecule has 1 aliphatic heterocycles. The van der Waals surface area contributed by atoms with E-state index < -0.39 is 48.6 Å². The summed E-state index contributed by atoms with van der Waals surface area (Å²) >= 11 is 0. The minimum absolute atomic E-state index is 0.355. The van der Waals surface area contributed by atoms with Crippen molar-refractivity contribution in [2.24, 2.45) is 0 Å². The second-order valence-corrected chi connectivity index (χ2v) is 7.07. The van der Waals surface area contributed by atoms with Gasteiger partial charge in [0.1, 0.15) is 0 Å². The van der Waals surface area contributed by atoms with Crippen molar-refractivity contribution in [3.8, 4) is 11.5 Å². The van der Waals surface area contributed by atoms with Gasteiger partial charge in [-0.15, -0.1) is 0 Å². The molecule has 1 aliphatic rings. The molecule has 0 amide bonds. The first kappa shape index (κ1) is 13.9. The molecule has 0 saturated heterocycles. The summed E-state index contributed by atoms with van der Waals surface area (Å²) in [5, 5.41) is -1.48. The van der Waals surface area contributed by atoms with E-state index in [0.717, 1.165) is 0 Å². The Labute approximate surface area is 106 Å². The maximum Gasteiger partial charge on any atom is 0.416 e. The maximum atomic E-state index is 12.4. The van der Waals surface area contributed by atoms with Gasteiger partial charge in [0.05, 0.1) is 5.56 Å². The van der Waals surface area contributed by atoms with Crippen LogP contribution in [0.25, 0.3) is 0 Å². The molecule has 1 aromatic carbocycles. The largest absolute Gasteiger partial charge is 0.416 e. The van der Waals surface area contributed by atoms with Crippen LogP contribution in [0.2, 0.25) is 0 Å². The van der Waals surface area contributed by atoms with Crippen molar-refractivity contribution in [1.82, 2.24) is 0 Å².